The zero-order valence-corrected chi connectivity index (χ0v) is 13.4. The third-order valence-electron chi connectivity index (χ3n) is 2.92. The maximum atomic E-state index is 4.54. The Labute approximate surface area is 128 Å². The number of aromatic nitrogens is 2. The number of rotatable bonds is 6. The van der Waals surface area contributed by atoms with Crippen molar-refractivity contribution in [1.82, 2.24) is 9.97 Å². The van der Waals surface area contributed by atoms with E-state index >= 15 is 0 Å². The molecule has 0 fully saturated rings. The lowest BCUT2D eigenvalue weighted by Crippen LogP contribution is -2.07. The summed E-state index contributed by atoms with van der Waals surface area (Å²) in [6.07, 6.45) is 1.93. The Kier molecular flexibility index (Phi) is 5.35. The first-order valence-electron chi connectivity index (χ1n) is 6.76. The SMILES string of the molecule is CCCc1nc(NC)cc(NCc2ccccc2Br)n1. The quantitative estimate of drug-likeness (QED) is 0.842. The van der Waals surface area contributed by atoms with E-state index < -0.39 is 0 Å². The van der Waals surface area contributed by atoms with Crippen LogP contribution in [-0.4, -0.2) is 17.0 Å². The number of hydrogen-bond acceptors (Lipinski definition) is 4. The molecule has 0 saturated carbocycles. The van der Waals surface area contributed by atoms with Crippen LogP contribution < -0.4 is 10.6 Å². The van der Waals surface area contributed by atoms with Gasteiger partial charge in [0, 0.05) is 30.6 Å². The van der Waals surface area contributed by atoms with Gasteiger partial charge in [-0.3, -0.25) is 0 Å². The Morgan fingerprint density at radius 1 is 1.15 bits per heavy atom. The standard InChI is InChI=1S/C15H19BrN4/c1-3-6-13-19-14(17-2)9-15(20-13)18-10-11-7-4-5-8-12(11)16/h4-5,7-9H,3,6,10H2,1-2H3,(H2,17,18,19,20). The van der Waals surface area contributed by atoms with Gasteiger partial charge in [-0.25, -0.2) is 9.97 Å². The van der Waals surface area contributed by atoms with Crippen molar-refractivity contribution in [2.24, 2.45) is 0 Å². The predicted octanol–water partition coefficient (Wildman–Crippen LogP) is 3.85. The van der Waals surface area contributed by atoms with Crippen LogP contribution in [0.2, 0.25) is 0 Å². The molecule has 0 atom stereocenters. The van der Waals surface area contributed by atoms with Gasteiger partial charge in [0.15, 0.2) is 0 Å². The highest BCUT2D eigenvalue weighted by Gasteiger charge is 2.04. The molecule has 2 rings (SSSR count). The highest BCUT2D eigenvalue weighted by molar-refractivity contribution is 9.10. The average molecular weight is 335 g/mol. The van der Waals surface area contributed by atoms with Crippen LogP contribution in [0.1, 0.15) is 24.7 Å². The number of aryl methyl sites for hydroxylation is 1. The zero-order chi connectivity index (χ0) is 14.4. The lowest BCUT2D eigenvalue weighted by Gasteiger charge is -2.10. The monoisotopic (exact) mass is 334 g/mol. The van der Waals surface area contributed by atoms with E-state index in [2.05, 4.69) is 49.5 Å². The molecule has 0 aliphatic rings. The van der Waals surface area contributed by atoms with E-state index in [-0.39, 0.29) is 0 Å². The topological polar surface area (TPSA) is 49.8 Å². The molecule has 2 aromatic rings. The molecule has 2 N–H and O–H groups in total. The minimum atomic E-state index is 0.729. The molecule has 0 aliphatic heterocycles. The van der Waals surface area contributed by atoms with Crippen molar-refractivity contribution in [2.75, 3.05) is 17.7 Å². The average Bonchev–Trinajstić information content (AvgIpc) is 2.46. The molecule has 0 saturated heterocycles. The Morgan fingerprint density at radius 2 is 1.90 bits per heavy atom. The van der Waals surface area contributed by atoms with Crippen LogP contribution in [0.15, 0.2) is 34.8 Å². The molecule has 0 unspecified atom stereocenters. The van der Waals surface area contributed by atoms with Crippen molar-refractivity contribution in [3.8, 4) is 0 Å². The third-order valence-corrected chi connectivity index (χ3v) is 3.69. The van der Waals surface area contributed by atoms with Crippen molar-refractivity contribution in [1.29, 1.82) is 0 Å². The fraction of sp³-hybridized carbons (Fsp3) is 0.333. The van der Waals surface area contributed by atoms with Crippen LogP contribution in [-0.2, 0) is 13.0 Å². The van der Waals surface area contributed by atoms with E-state index in [0.717, 1.165) is 41.3 Å². The largest absolute Gasteiger partial charge is 0.373 e. The Morgan fingerprint density at radius 3 is 2.60 bits per heavy atom. The predicted molar refractivity (Wildman–Crippen MR) is 87.0 cm³/mol. The second-order valence-electron chi connectivity index (χ2n) is 4.50. The summed E-state index contributed by atoms with van der Waals surface area (Å²) in [5, 5.41) is 6.43. The van der Waals surface area contributed by atoms with Gasteiger partial charge in [0.05, 0.1) is 0 Å². The van der Waals surface area contributed by atoms with Gasteiger partial charge in [-0.15, -0.1) is 0 Å². The van der Waals surface area contributed by atoms with Crippen LogP contribution >= 0.6 is 15.9 Å². The molecule has 0 amide bonds. The van der Waals surface area contributed by atoms with Gasteiger partial charge in [-0.2, -0.15) is 0 Å². The van der Waals surface area contributed by atoms with Gasteiger partial charge in [0.25, 0.3) is 0 Å². The fourth-order valence-corrected chi connectivity index (χ4v) is 2.30. The molecule has 4 nitrogen and oxygen atoms in total. The van der Waals surface area contributed by atoms with Crippen molar-refractivity contribution in [3.63, 3.8) is 0 Å². The van der Waals surface area contributed by atoms with E-state index in [4.69, 9.17) is 0 Å². The molecule has 0 aliphatic carbocycles. The molecule has 0 spiro atoms. The van der Waals surface area contributed by atoms with Gasteiger partial charge < -0.3 is 10.6 Å². The number of benzene rings is 1. The minimum Gasteiger partial charge on any atom is -0.373 e. The Balaban J connectivity index is 2.12. The van der Waals surface area contributed by atoms with Gasteiger partial charge in [0.1, 0.15) is 17.5 Å². The Hall–Kier alpha value is -1.62. The maximum absolute atomic E-state index is 4.54. The first-order valence-corrected chi connectivity index (χ1v) is 7.55. The summed E-state index contributed by atoms with van der Waals surface area (Å²) in [4.78, 5) is 8.98. The summed E-state index contributed by atoms with van der Waals surface area (Å²) in [6, 6.07) is 10.1. The summed E-state index contributed by atoms with van der Waals surface area (Å²) in [5.74, 6) is 2.57. The molecule has 20 heavy (non-hydrogen) atoms. The molecule has 0 bridgehead atoms. The van der Waals surface area contributed by atoms with Crippen molar-refractivity contribution < 1.29 is 0 Å². The summed E-state index contributed by atoms with van der Waals surface area (Å²) >= 11 is 3.55. The third kappa shape index (κ3) is 3.93. The number of hydrogen-bond donors (Lipinski definition) is 2. The number of nitrogens with zero attached hydrogens (tertiary/aromatic N) is 2. The second-order valence-corrected chi connectivity index (χ2v) is 5.35. The van der Waals surface area contributed by atoms with Crippen LogP contribution in [0.3, 0.4) is 0 Å². The number of nitrogens with one attached hydrogen (secondary N) is 2. The lowest BCUT2D eigenvalue weighted by atomic mass is 10.2. The van der Waals surface area contributed by atoms with E-state index in [0.29, 0.717) is 0 Å². The second kappa shape index (κ2) is 7.24. The summed E-state index contributed by atoms with van der Waals surface area (Å²) in [7, 11) is 1.87. The fourth-order valence-electron chi connectivity index (χ4n) is 1.88. The molecule has 1 aromatic heterocycles. The molecule has 1 aromatic carbocycles. The van der Waals surface area contributed by atoms with Gasteiger partial charge >= 0.3 is 0 Å². The zero-order valence-electron chi connectivity index (χ0n) is 11.8. The minimum absolute atomic E-state index is 0.729. The summed E-state index contributed by atoms with van der Waals surface area (Å²) in [5.41, 5.74) is 1.20. The van der Waals surface area contributed by atoms with Crippen molar-refractivity contribution in [3.05, 3.63) is 46.2 Å². The van der Waals surface area contributed by atoms with Crippen molar-refractivity contribution >= 4 is 27.6 Å². The summed E-state index contributed by atoms with van der Waals surface area (Å²) in [6.45, 7) is 2.86. The normalized spacial score (nSPS) is 10.3. The molecular weight excluding hydrogens is 316 g/mol. The maximum Gasteiger partial charge on any atom is 0.133 e. The van der Waals surface area contributed by atoms with E-state index in [1.54, 1.807) is 0 Å². The van der Waals surface area contributed by atoms with Crippen molar-refractivity contribution in [2.45, 2.75) is 26.3 Å². The molecule has 5 heteroatoms. The molecular formula is C15H19BrN4. The first-order chi connectivity index (χ1) is 9.72. The van der Waals surface area contributed by atoms with Crippen LogP contribution in [0.5, 0.6) is 0 Å². The summed E-state index contributed by atoms with van der Waals surface area (Å²) < 4.78 is 1.10. The van der Waals surface area contributed by atoms with Crippen LogP contribution in [0, 0.1) is 0 Å². The van der Waals surface area contributed by atoms with Gasteiger partial charge in [0.2, 0.25) is 0 Å². The first kappa shape index (κ1) is 14.8. The highest BCUT2D eigenvalue weighted by atomic mass is 79.9. The van der Waals surface area contributed by atoms with Gasteiger partial charge in [-0.1, -0.05) is 41.1 Å². The Bertz CT molecular complexity index is 572. The molecule has 1 heterocycles. The lowest BCUT2D eigenvalue weighted by molar-refractivity contribution is 0.835. The van der Waals surface area contributed by atoms with Gasteiger partial charge in [-0.05, 0) is 18.1 Å². The number of anilines is 2. The highest BCUT2D eigenvalue weighted by Crippen LogP contribution is 2.18. The van der Waals surface area contributed by atoms with E-state index in [1.807, 2.05) is 31.3 Å². The molecule has 0 radical (unpaired) electrons. The smallest absolute Gasteiger partial charge is 0.133 e. The van der Waals surface area contributed by atoms with E-state index in [1.165, 1.54) is 5.56 Å². The molecule has 106 valence electrons. The van der Waals surface area contributed by atoms with Crippen LogP contribution in [0.4, 0.5) is 11.6 Å². The number of halogens is 1. The van der Waals surface area contributed by atoms with E-state index in [9.17, 15) is 0 Å². The van der Waals surface area contributed by atoms with Crippen LogP contribution in [0.25, 0.3) is 0 Å².